The number of carbonyl (C=O) groups excluding carboxylic acids is 1. The first kappa shape index (κ1) is 26.8. The van der Waals surface area contributed by atoms with E-state index >= 15 is 0 Å². The monoisotopic (exact) mass is 579 g/mol. The maximum absolute atomic E-state index is 12.9. The highest BCUT2D eigenvalue weighted by Gasteiger charge is 2.26. The largest absolute Gasteiger partial charge is 0.497 e. The molecule has 0 bridgehead atoms. The smallest absolute Gasteiger partial charge is 0.353 e. The van der Waals surface area contributed by atoms with Gasteiger partial charge in [-0.05, 0) is 60.2 Å². The molecule has 0 unspecified atom stereocenters. The molecule has 3 N–H and O–H groups in total. The summed E-state index contributed by atoms with van der Waals surface area (Å²) in [6, 6.07) is 24.9. The van der Waals surface area contributed by atoms with Gasteiger partial charge in [0.2, 0.25) is 0 Å². The third-order valence-electron chi connectivity index (χ3n) is 6.89. The lowest BCUT2D eigenvalue weighted by molar-refractivity contribution is 0.0687. The fraction of sp³-hybridized carbons (Fsp3) is 0.0968. The number of fused-ring (bicyclic) bond motifs is 2. The van der Waals surface area contributed by atoms with Crippen molar-refractivity contribution in [2.24, 2.45) is 0 Å². The summed E-state index contributed by atoms with van der Waals surface area (Å²) in [5, 5.41) is 16.9. The SMILES string of the molecule is COc1ccc(-c2c(C(=O)O)n(Cc3ccc4nsnc4c3)c3ccc(NC(=O)Nc4ccccc4)cc23)c(OC)c1. The highest BCUT2D eigenvalue weighted by molar-refractivity contribution is 7.00. The molecule has 6 aromatic rings. The van der Waals surface area contributed by atoms with E-state index in [-0.39, 0.29) is 12.2 Å². The third kappa shape index (κ3) is 5.08. The zero-order chi connectivity index (χ0) is 29.2. The molecule has 0 aliphatic carbocycles. The minimum Gasteiger partial charge on any atom is -0.497 e. The van der Waals surface area contributed by atoms with Crippen LogP contribution in [0.5, 0.6) is 11.5 Å². The van der Waals surface area contributed by atoms with Crippen LogP contribution >= 0.6 is 11.7 Å². The molecule has 0 saturated heterocycles. The minimum atomic E-state index is -1.10. The first-order valence-electron chi connectivity index (χ1n) is 12.9. The second-order valence-electron chi connectivity index (χ2n) is 9.45. The molecule has 2 heterocycles. The van der Waals surface area contributed by atoms with Crippen molar-refractivity contribution in [2.75, 3.05) is 24.9 Å². The molecule has 4 aromatic carbocycles. The van der Waals surface area contributed by atoms with E-state index in [9.17, 15) is 14.7 Å². The molecule has 0 atom stereocenters. The van der Waals surface area contributed by atoms with Gasteiger partial charge in [0.1, 0.15) is 28.2 Å². The molecule has 10 nitrogen and oxygen atoms in total. The lowest BCUT2D eigenvalue weighted by Gasteiger charge is -2.12. The number of rotatable bonds is 8. The van der Waals surface area contributed by atoms with E-state index in [2.05, 4.69) is 19.4 Å². The van der Waals surface area contributed by atoms with Gasteiger partial charge < -0.3 is 29.8 Å². The quantitative estimate of drug-likeness (QED) is 0.183. The number of carboxylic acids is 1. The Morgan fingerprint density at radius 2 is 1.64 bits per heavy atom. The molecule has 6 rings (SSSR count). The number of urea groups is 1. The van der Waals surface area contributed by atoms with Crippen LogP contribution in [0, 0.1) is 0 Å². The number of ether oxygens (including phenoxy) is 2. The van der Waals surface area contributed by atoms with Crippen LogP contribution in [0.15, 0.2) is 84.9 Å². The number of para-hydroxylation sites is 1. The van der Waals surface area contributed by atoms with E-state index in [0.717, 1.165) is 28.3 Å². The van der Waals surface area contributed by atoms with E-state index < -0.39 is 12.0 Å². The number of aromatic carboxylic acids is 1. The second kappa shape index (κ2) is 11.2. The van der Waals surface area contributed by atoms with Crippen molar-refractivity contribution in [3.8, 4) is 22.6 Å². The standard InChI is InChI=1S/C31H25N5O5S/c1-40-21-10-11-22(27(16-21)41-2)28-23-15-20(33-31(39)32-19-6-4-3-5-7-19)9-13-26(23)36(29(28)30(37)38)17-18-8-12-24-25(14-18)35-42-34-24/h3-16H,17H2,1-2H3,(H,37,38)(H2,32,33,39). The molecule has 0 radical (unpaired) electrons. The van der Waals surface area contributed by atoms with E-state index in [0.29, 0.717) is 44.9 Å². The maximum Gasteiger partial charge on any atom is 0.353 e. The van der Waals surface area contributed by atoms with Crippen molar-refractivity contribution in [3.05, 3.63) is 96.2 Å². The zero-order valence-electron chi connectivity index (χ0n) is 22.6. The van der Waals surface area contributed by atoms with Crippen molar-refractivity contribution in [1.29, 1.82) is 0 Å². The Kier molecular flexibility index (Phi) is 7.16. The number of nitrogens with one attached hydrogen (secondary N) is 2. The van der Waals surface area contributed by atoms with Crippen LogP contribution in [0.1, 0.15) is 16.1 Å². The van der Waals surface area contributed by atoms with Crippen LogP contribution in [0.2, 0.25) is 0 Å². The first-order chi connectivity index (χ1) is 20.4. The van der Waals surface area contributed by atoms with Gasteiger partial charge in [-0.25, -0.2) is 9.59 Å². The minimum absolute atomic E-state index is 0.0795. The fourth-order valence-corrected chi connectivity index (χ4v) is 5.54. The van der Waals surface area contributed by atoms with E-state index in [1.807, 2.05) is 42.5 Å². The Morgan fingerprint density at radius 1 is 0.857 bits per heavy atom. The van der Waals surface area contributed by atoms with Crippen molar-refractivity contribution < 1.29 is 24.2 Å². The average molecular weight is 580 g/mol. The van der Waals surface area contributed by atoms with Gasteiger partial charge >= 0.3 is 12.0 Å². The van der Waals surface area contributed by atoms with Gasteiger partial charge in [0.25, 0.3) is 0 Å². The molecule has 2 aromatic heterocycles. The van der Waals surface area contributed by atoms with Crippen LogP contribution < -0.4 is 20.1 Å². The molecule has 0 aliphatic rings. The molecule has 210 valence electrons. The van der Waals surface area contributed by atoms with Gasteiger partial charge in [-0.1, -0.05) is 24.3 Å². The number of hydrogen-bond acceptors (Lipinski definition) is 7. The Morgan fingerprint density at radius 3 is 2.40 bits per heavy atom. The van der Waals surface area contributed by atoms with Crippen LogP contribution in [0.4, 0.5) is 16.2 Å². The Hall–Kier alpha value is -5.42. The summed E-state index contributed by atoms with van der Waals surface area (Å²) in [5.74, 6) is -0.0841. The number of benzene rings is 4. The zero-order valence-corrected chi connectivity index (χ0v) is 23.4. The molecule has 11 heteroatoms. The predicted octanol–water partition coefficient (Wildman–Crippen LogP) is 6.72. The summed E-state index contributed by atoms with van der Waals surface area (Å²) >= 11 is 1.13. The number of methoxy groups -OCH3 is 2. The summed E-state index contributed by atoms with van der Waals surface area (Å²) < 4.78 is 21.4. The topological polar surface area (TPSA) is 128 Å². The van der Waals surface area contributed by atoms with Crippen molar-refractivity contribution in [3.63, 3.8) is 0 Å². The first-order valence-corrected chi connectivity index (χ1v) is 13.6. The second-order valence-corrected chi connectivity index (χ2v) is 9.97. The molecule has 42 heavy (non-hydrogen) atoms. The fourth-order valence-electron chi connectivity index (χ4n) is 5.02. The normalized spacial score (nSPS) is 11.0. The van der Waals surface area contributed by atoms with Gasteiger partial charge in [-0.15, -0.1) is 0 Å². The lowest BCUT2D eigenvalue weighted by Crippen LogP contribution is -2.19. The lowest BCUT2D eigenvalue weighted by atomic mass is 10.00. The van der Waals surface area contributed by atoms with Gasteiger partial charge in [0, 0.05) is 46.0 Å². The van der Waals surface area contributed by atoms with Crippen molar-refractivity contribution >= 4 is 57.0 Å². The van der Waals surface area contributed by atoms with Gasteiger partial charge in [-0.3, -0.25) is 0 Å². The maximum atomic E-state index is 12.9. The Bertz CT molecular complexity index is 1950. The number of nitrogens with zero attached hydrogens (tertiary/aromatic N) is 3. The van der Waals surface area contributed by atoms with Gasteiger partial charge in [0.05, 0.1) is 25.9 Å². The Labute approximate surface area is 244 Å². The van der Waals surface area contributed by atoms with E-state index in [1.165, 1.54) is 7.11 Å². The molecule has 0 aliphatic heterocycles. The molecule has 0 spiro atoms. The number of amides is 2. The van der Waals surface area contributed by atoms with Gasteiger partial charge in [0.15, 0.2) is 0 Å². The average Bonchev–Trinajstić information content (AvgIpc) is 3.59. The summed E-state index contributed by atoms with van der Waals surface area (Å²) in [7, 11) is 3.08. The van der Waals surface area contributed by atoms with Crippen LogP contribution in [-0.2, 0) is 6.54 Å². The number of aromatic nitrogens is 3. The van der Waals surface area contributed by atoms with E-state index in [1.54, 1.807) is 54.1 Å². The number of hydrogen-bond donors (Lipinski definition) is 3. The highest BCUT2D eigenvalue weighted by Crippen LogP contribution is 2.42. The molecule has 0 saturated carbocycles. The number of anilines is 2. The van der Waals surface area contributed by atoms with Crippen LogP contribution in [0.25, 0.3) is 33.1 Å². The molecule has 2 amide bonds. The van der Waals surface area contributed by atoms with Crippen molar-refractivity contribution in [2.45, 2.75) is 6.54 Å². The van der Waals surface area contributed by atoms with E-state index in [4.69, 9.17) is 9.47 Å². The summed E-state index contributed by atoms with van der Waals surface area (Å²) in [5.41, 5.74) is 5.32. The predicted molar refractivity (Wildman–Crippen MR) is 163 cm³/mol. The number of carbonyl (C=O) groups is 2. The molecule has 0 fully saturated rings. The van der Waals surface area contributed by atoms with Crippen LogP contribution in [-0.4, -0.2) is 44.6 Å². The molecular weight excluding hydrogens is 554 g/mol. The van der Waals surface area contributed by atoms with Crippen LogP contribution in [0.3, 0.4) is 0 Å². The third-order valence-corrected chi connectivity index (χ3v) is 7.45. The Balaban J connectivity index is 1.51. The summed E-state index contributed by atoms with van der Waals surface area (Å²) in [6.07, 6.45) is 0. The summed E-state index contributed by atoms with van der Waals surface area (Å²) in [6.45, 7) is 0.269. The van der Waals surface area contributed by atoms with Crippen molar-refractivity contribution in [1.82, 2.24) is 13.3 Å². The number of carboxylic acid groups (broad SMARTS) is 1. The summed E-state index contributed by atoms with van der Waals surface area (Å²) in [4.78, 5) is 25.7. The molecular formula is C31H25N5O5S. The van der Waals surface area contributed by atoms with Gasteiger partial charge in [-0.2, -0.15) is 8.75 Å². The highest BCUT2D eigenvalue weighted by atomic mass is 32.1.